The largest absolute Gasteiger partial charge is 0.383 e. The number of halogens is 1. The van der Waals surface area contributed by atoms with Crippen LogP contribution in [-0.4, -0.2) is 17.4 Å². The van der Waals surface area contributed by atoms with Crippen molar-refractivity contribution in [1.29, 1.82) is 0 Å². The van der Waals surface area contributed by atoms with E-state index in [4.69, 9.17) is 11.6 Å². The van der Waals surface area contributed by atoms with Crippen LogP contribution in [0.4, 0.5) is 11.5 Å². The van der Waals surface area contributed by atoms with E-state index in [9.17, 15) is 4.79 Å². The molecule has 130 valence electrons. The molecule has 2 N–H and O–H groups in total. The Morgan fingerprint density at radius 2 is 2.12 bits per heavy atom. The smallest absolute Gasteiger partial charge is 0.256 e. The number of benzene rings is 1. The van der Waals surface area contributed by atoms with Crippen LogP contribution in [0.2, 0.25) is 5.02 Å². The zero-order valence-corrected chi connectivity index (χ0v) is 14.9. The number of carbonyl (C=O) groups excluding carboxylic acids is 1. The second kappa shape index (κ2) is 8.67. The zero-order valence-electron chi connectivity index (χ0n) is 14.1. The number of hydrogen-bond acceptors (Lipinski definition) is 3. The van der Waals surface area contributed by atoms with Crippen molar-refractivity contribution in [2.45, 2.75) is 32.1 Å². The van der Waals surface area contributed by atoms with Crippen molar-refractivity contribution < 1.29 is 4.79 Å². The minimum absolute atomic E-state index is 0.222. The van der Waals surface area contributed by atoms with Gasteiger partial charge in [0.1, 0.15) is 5.82 Å². The Kier molecular flexibility index (Phi) is 6.07. The van der Waals surface area contributed by atoms with Crippen molar-refractivity contribution in [2.75, 3.05) is 17.2 Å². The molecule has 4 nitrogen and oxygen atoms in total. The van der Waals surface area contributed by atoms with Gasteiger partial charge in [-0.15, -0.1) is 0 Å². The standard InChI is InChI=1S/C20H22ClN3O/c21-17-8-4-7-16(13-17)20(25)24-19-10-9-18(14-23-19)22-12-11-15-5-2-1-3-6-15/h4-5,7-10,13-14,22H,1-3,6,11-12H2,(H,23,24,25). The highest BCUT2D eigenvalue weighted by molar-refractivity contribution is 6.31. The maximum absolute atomic E-state index is 12.2. The van der Waals surface area contributed by atoms with Crippen LogP contribution >= 0.6 is 11.6 Å². The summed E-state index contributed by atoms with van der Waals surface area (Å²) >= 11 is 5.91. The second-order valence-corrected chi connectivity index (χ2v) is 6.62. The first kappa shape index (κ1) is 17.5. The Morgan fingerprint density at radius 1 is 1.20 bits per heavy atom. The number of rotatable bonds is 6. The van der Waals surface area contributed by atoms with E-state index in [0.717, 1.165) is 18.7 Å². The van der Waals surface area contributed by atoms with Gasteiger partial charge in [-0.2, -0.15) is 0 Å². The fourth-order valence-electron chi connectivity index (χ4n) is 2.89. The number of anilines is 2. The molecule has 0 bridgehead atoms. The summed E-state index contributed by atoms with van der Waals surface area (Å²) in [6, 6.07) is 10.6. The van der Waals surface area contributed by atoms with E-state index in [-0.39, 0.29) is 5.91 Å². The molecule has 0 saturated heterocycles. The number of nitrogens with zero attached hydrogens (tertiary/aromatic N) is 1. The lowest BCUT2D eigenvalue weighted by atomic mass is 9.97. The zero-order chi connectivity index (χ0) is 17.5. The van der Waals surface area contributed by atoms with Crippen LogP contribution in [-0.2, 0) is 0 Å². The predicted octanol–water partition coefficient (Wildman–Crippen LogP) is 5.29. The second-order valence-electron chi connectivity index (χ2n) is 6.18. The molecule has 2 aromatic rings. The first-order valence-electron chi connectivity index (χ1n) is 8.65. The summed E-state index contributed by atoms with van der Waals surface area (Å²) in [6.45, 7) is 0.904. The van der Waals surface area contributed by atoms with Crippen molar-refractivity contribution >= 4 is 29.0 Å². The molecule has 0 spiro atoms. The third-order valence-electron chi connectivity index (χ3n) is 4.25. The Labute approximate surface area is 153 Å². The molecular formula is C20H22ClN3O. The Morgan fingerprint density at radius 3 is 2.84 bits per heavy atom. The quantitative estimate of drug-likeness (QED) is 0.692. The lowest BCUT2D eigenvalue weighted by Gasteiger charge is -2.13. The fraction of sp³-hybridized carbons (Fsp3) is 0.300. The van der Waals surface area contributed by atoms with Crippen LogP contribution in [0, 0.1) is 0 Å². The SMILES string of the molecule is O=C(Nc1ccc(NCCC2=CCCCC2)cn1)c1cccc(Cl)c1. The van der Waals surface area contributed by atoms with Crippen LogP contribution in [0.15, 0.2) is 54.2 Å². The Hall–Kier alpha value is -2.33. The summed E-state index contributed by atoms with van der Waals surface area (Å²) < 4.78 is 0. The minimum atomic E-state index is -0.222. The lowest BCUT2D eigenvalue weighted by molar-refractivity contribution is 0.102. The molecule has 5 heteroatoms. The molecule has 1 aromatic carbocycles. The number of nitrogens with one attached hydrogen (secondary N) is 2. The van der Waals surface area contributed by atoms with Gasteiger partial charge in [0.05, 0.1) is 11.9 Å². The lowest BCUT2D eigenvalue weighted by Crippen LogP contribution is -2.13. The molecule has 0 unspecified atom stereocenters. The third-order valence-corrected chi connectivity index (χ3v) is 4.49. The van der Waals surface area contributed by atoms with Crippen molar-refractivity contribution in [2.24, 2.45) is 0 Å². The summed E-state index contributed by atoms with van der Waals surface area (Å²) in [7, 11) is 0. The average molecular weight is 356 g/mol. The maximum atomic E-state index is 12.2. The van der Waals surface area contributed by atoms with Crippen molar-refractivity contribution in [3.05, 3.63) is 64.8 Å². The third kappa shape index (κ3) is 5.33. The van der Waals surface area contributed by atoms with Crippen LogP contribution in [0.3, 0.4) is 0 Å². The van der Waals surface area contributed by atoms with Gasteiger partial charge in [-0.3, -0.25) is 4.79 Å². The normalized spacial score (nSPS) is 13.9. The Bertz CT molecular complexity index is 756. The van der Waals surface area contributed by atoms with Crippen LogP contribution in [0.5, 0.6) is 0 Å². The van der Waals surface area contributed by atoms with E-state index >= 15 is 0 Å². The van der Waals surface area contributed by atoms with Gasteiger partial charge >= 0.3 is 0 Å². The van der Waals surface area contributed by atoms with Gasteiger partial charge in [0.25, 0.3) is 5.91 Å². The van der Waals surface area contributed by atoms with E-state index in [2.05, 4.69) is 21.7 Å². The number of aromatic nitrogens is 1. The molecule has 1 aliphatic rings. The molecule has 1 aromatic heterocycles. The van der Waals surface area contributed by atoms with Gasteiger partial charge in [-0.05, 0) is 62.4 Å². The minimum Gasteiger partial charge on any atom is -0.383 e. The highest BCUT2D eigenvalue weighted by atomic mass is 35.5. The summed E-state index contributed by atoms with van der Waals surface area (Å²) in [4.78, 5) is 16.5. The fourth-order valence-corrected chi connectivity index (χ4v) is 3.08. The Balaban J connectivity index is 1.50. The molecule has 0 fully saturated rings. The summed E-state index contributed by atoms with van der Waals surface area (Å²) in [6.07, 6.45) is 10.3. The van der Waals surface area contributed by atoms with Gasteiger partial charge < -0.3 is 10.6 Å². The number of carbonyl (C=O) groups is 1. The van der Waals surface area contributed by atoms with Crippen molar-refractivity contribution in [3.8, 4) is 0 Å². The van der Waals surface area contributed by atoms with E-state index < -0.39 is 0 Å². The highest BCUT2D eigenvalue weighted by Crippen LogP contribution is 2.20. The van der Waals surface area contributed by atoms with Crippen molar-refractivity contribution in [3.63, 3.8) is 0 Å². The topological polar surface area (TPSA) is 54.0 Å². The van der Waals surface area contributed by atoms with E-state index in [1.807, 2.05) is 6.07 Å². The van der Waals surface area contributed by atoms with Crippen LogP contribution in [0.1, 0.15) is 42.5 Å². The number of amides is 1. The molecule has 0 aliphatic heterocycles. The van der Waals surface area contributed by atoms with E-state index in [1.165, 1.54) is 25.7 Å². The average Bonchev–Trinajstić information content (AvgIpc) is 2.64. The molecular weight excluding hydrogens is 334 g/mol. The molecule has 0 saturated carbocycles. The van der Waals surface area contributed by atoms with Gasteiger partial charge in [0, 0.05) is 17.1 Å². The summed E-state index contributed by atoms with van der Waals surface area (Å²) in [5, 5.41) is 6.69. The first-order valence-corrected chi connectivity index (χ1v) is 9.03. The van der Waals surface area contributed by atoms with Crippen LogP contribution in [0.25, 0.3) is 0 Å². The summed E-state index contributed by atoms with van der Waals surface area (Å²) in [5.41, 5.74) is 3.02. The number of hydrogen-bond donors (Lipinski definition) is 2. The van der Waals surface area contributed by atoms with Gasteiger partial charge in [0.15, 0.2) is 0 Å². The molecule has 1 aliphatic carbocycles. The molecule has 25 heavy (non-hydrogen) atoms. The van der Waals surface area contributed by atoms with Crippen molar-refractivity contribution in [1.82, 2.24) is 4.98 Å². The molecule has 0 radical (unpaired) electrons. The van der Waals surface area contributed by atoms with E-state index in [1.54, 1.807) is 42.1 Å². The summed E-state index contributed by atoms with van der Waals surface area (Å²) in [5.74, 6) is 0.297. The highest BCUT2D eigenvalue weighted by Gasteiger charge is 2.07. The maximum Gasteiger partial charge on any atom is 0.256 e. The number of pyridine rings is 1. The van der Waals surface area contributed by atoms with E-state index in [0.29, 0.717) is 16.4 Å². The molecule has 1 amide bonds. The molecule has 3 rings (SSSR count). The molecule has 1 heterocycles. The number of allylic oxidation sites excluding steroid dienone is 1. The van der Waals surface area contributed by atoms with Crippen LogP contribution < -0.4 is 10.6 Å². The van der Waals surface area contributed by atoms with Gasteiger partial charge in [-0.1, -0.05) is 29.3 Å². The van der Waals surface area contributed by atoms with Gasteiger partial charge in [-0.25, -0.2) is 4.98 Å². The first-order chi connectivity index (χ1) is 12.2. The predicted molar refractivity (Wildman–Crippen MR) is 103 cm³/mol. The van der Waals surface area contributed by atoms with Gasteiger partial charge in [0.2, 0.25) is 0 Å². The molecule has 0 atom stereocenters. The monoisotopic (exact) mass is 355 g/mol.